The number of nitrogens with two attached hydrogens (primary N) is 1. The van der Waals surface area contributed by atoms with Crippen molar-refractivity contribution in [1.82, 2.24) is 9.97 Å². The number of rotatable bonds is 2. The third-order valence-corrected chi connectivity index (χ3v) is 2.97. The van der Waals surface area contributed by atoms with Crippen molar-refractivity contribution < 1.29 is 4.74 Å². The first-order valence-electron chi connectivity index (χ1n) is 5.65. The molecule has 3 aromatic rings. The zero-order valence-electron chi connectivity index (χ0n) is 9.88. The van der Waals surface area contributed by atoms with Crippen molar-refractivity contribution in [3.05, 3.63) is 53.9 Å². The van der Waals surface area contributed by atoms with E-state index in [4.69, 9.17) is 22.1 Å². The standard InChI is InChI=1S/C14H10ClN3O/c15-12-3-4-13(14-11(12)2-1-5-18-14)19-10-6-9(16)7-17-8-10/h1-8H,16H2. The minimum Gasteiger partial charge on any atom is -0.453 e. The van der Waals surface area contributed by atoms with Crippen LogP contribution in [0.5, 0.6) is 11.5 Å². The molecule has 2 N–H and O–H groups in total. The highest BCUT2D eigenvalue weighted by Gasteiger charge is 2.08. The molecule has 0 atom stereocenters. The second-order valence-electron chi connectivity index (χ2n) is 4.00. The summed E-state index contributed by atoms with van der Waals surface area (Å²) in [6.45, 7) is 0. The molecular weight excluding hydrogens is 262 g/mol. The van der Waals surface area contributed by atoms with E-state index in [1.54, 1.807) is 36.8 Å². The molecule has 0 saturated carbocycles. The Morgan fingerprint density at radius 3 is 2.89 bits per heavy atom. The normalized spacial score (nSPS) is 10.6. The van der Waals surface area contributed by atoms with Crippen molar-refractivity contribution in [3.8, 4) is 11.5 Å². The Morgan fingerprint density at radius 1 is 1.16 bits per heavy atom. The number of nitrogens with zero attached hydrogens (tertiary/aromatic N) is 2. The van der Waals surface area contributed by atoms with Gasteiger partial charge in [-0.25, -0.2) is 0 Å². The SMILES string of the molecule is Nc1cncc(Oc2ccc(Cl)c3cccnc23)c1. The topological polar surface area (TPSA) is 61.0 Å². The summed E-state index contributed by atoms with van der Waals surface area (Å²) >= 11 is 6.13. The number of nitrogen functional groups attached to an aromatic ring is 1. The number of pyridine rings is 2. The Bertz CT molecular complexity index is 746. The molecule has 4 nitrogen and oxygen atoms in total. The van der Waals surface area contributed by atoms with Gasteiger partial charge in [0.15, 0.2) is 5.75 Å². The van der Waals surface area contributed by atoms with Crippen LogP contribution < -0.4 is 10.5 Å². The van der Waals surface area contributed by atoms with Gasteiger partial charge in [-0.3, -0.25) is 9.97 Å². The third-order valence-electron chi connectivity index (χ3n) is 2.64. The molecule has 0 bridgehead atoms. The number of aromatic nitrogens is 2. The Morgan fingerprint density at radius 2 is 2.05 bits per heavy atom. The fraction of sp³-hybridized carbons (Fsp3) is 0. The smallest absolute Gasteiger partial charge is 0.153 e. The molecule has 0 aliphatic rings. The van der Waals surface area contributed by atoms with E-state index >= 15 is 0 Å². The summed E-state index contributed by atoms with van der Waals surface area (Å²) in [6.07, 6.45) is 4.86. The van der Waals surface area contributed by atoms with E-state index in [1.165, 1.54) is 0 Å². The summed E-state index contributed by atoms with van der Waals surface area (Å²) in [5.74, 6) is 1.18. The zero-order valence-corrected chi connectivity index (χ0v) is 10.6. The van der Waals surface area contributed by atoms with Crippen LogP contribution in [0.3, 0.4) is 0 Å². The monoisotopic (exact) mass is 271 g/mol. The van der Waals surface area contributed by atoms with E-state index in [9.17, 15) is 0 Å². The number of benzene rings is 1. The van der Waals surface area contributed by atoms with E-state index in [0.717, 1.165) is 5.39 Å². The molecule has 1 aromatic carbocycles. The molecule has 0 saturated heterocycles. The van der Waals surface area contributed by atoms with Gasteiger partial charge in [0, 0.05) is 17.6 Å². The van der Waals surface area contributed by atoms with Gasteiger partial charge in [-0.05, 0) is 24.3 Å². The lowest BCUT2D eigenvalue weighted by atomic mass is 10.2. The van der Waals surface area contributed by atoms with Crippen molar-refractivity contribution in [2.45, 2.75) is 0 Å². The highest BCUT2D eigenvalue weighted by atomic mass is 35.5. The molecule has 2 heterocycles. The lowest BCUT2D eigenvalue weighted by Crippen LogP contribution is -1.91. The van der Waals surface area contributed by atoms with Gasteiger partial charge in [0.25, 0.3) is 0 Å². The molecule has 94 valence electrons. The predicted octanol–water partition coefficient (Wildman–Crippen LogP) is 3.66. The molecule has 0 spiro atoms. The third kappa shape index (κ3) is 2.30. The van der Waals surface area contributed by atoms with Gasteiger partial charge >= 0.3 is 0 Å². The molecule has 0 aliphatic heterocycles. The van der Waals surface area contributed by atoms with Crippen LogP contribution in [0.15, 0.2) is 48.9 Å². The van der Waals surface area contributed by atoms with Gasteiger partial charge < -0.3 is 10.5 Å². The van der Waals surface area contributed by atoms with Gasteiger partial charge in [-0.2, -0.15) is 0 Å². The van der Waals surface area contributed by atoms with Crippen LogP contribution in [-0.2, 0) is 0 Å². The molecule has 0 amide bonds. The van der Waals surface area contributed by atoms with Crippen molar-refractivity contribution in [2.75, 3.05) is 5.73 Å². The minimum atomic E-state index is 0.545. The first-order valence-corrected chi connectivity index (χ1v) is 6.03. The van der Waals surface area contributed by atoms with E-state index < -0.39 is 0 Å². The lowest BCUT2D eigenvalue weighted by Gasteiger charge is -2.09. The molecule has 0 unspecified atom stereocenters. The molecular formula is C14H10ClN3O. The Balaban J connectivity index is 2.09. The maximum absolute atomic E-state index is 6.13. The number of hydrogen-bond donors (Lipinski definition) is 1. The van der Waals surface area contributed by atoms with Gasteiger partial charge in [0.05, 0.1) is 23.1 Å². The van der Waals surface area contributed by atoms with Crippen LogP contribution in [0.25, 0.3) is 10.9 Å². The summed E-state index contributed by atoms with van der Waals surface area (Å²) in [7, 11) is 0. The summed E-state index contributed by atoms with van der Waals surface area (Å²) < 4.78 is 5.76. The van der Waals surface area contributed by atoms with Crippen LogP contribution >= 0.6 is 11.6 Å². The molecule has 2 aromatic heterocycles. The highest BCUT2D eigenvalue weighted by molar-refractivity contribution is 6.35. The maximum Gasteiger partial charge on any atom is 0.153 e. The van der Waals surface area contributed by atoms with E-state index in [0.29, 0.717) is 27.7 Å². The first-order chi connectivity index (χ1) is 9.24. The molecule has 3 rings (SSSR count). The fourth-order valence-corrected chi connectivity index (χ4v) is 2.03. The first kappa shape index (κ1) is 11.7. The molecule has 0 radical (unpaired) electrons. The Labute approximate surface area is 114 Å². The second-order valence-corrected chi connectivity index (χ2v) is 4.41. The van der Waals surface area contributed by atoms with Gasteiger partial charge in [0.1, 0.15) is 11.3 Å². The largest absolute Gasteiger partial charge is 0.453 e. The molecule has 0 fully saturated rings. The van der Waals surface area contributed by atoms with Crippen LogP contribution in [-0.4, -0.2) is 9.97 Å². The number of ether oxygens (including phenoxy) is 1. The summed E-state index contributed by atoms with van der Waals surface area (Å²) in [5, 5.41) is 1.49. The molecule has 0 aliphatic carbocycles. The lowest BCUT2D eigenvalue weighted by molar-refractivity contribution is 0.485. The Kier molecular flexibility index (Phi) is 2.93. The Hall–Kier alpha value is -2.33. The zero-order chi connectivity index (χ0) is 13.2. The number of hydrogen-bond acceptors (Lipinski definition) is 4. The van der Waals surface area contributed by atoms with Gasteiger partial charge in [-0.1, -0.05) is 11.6 Å². The van der Waals surface area contributed by atoms with Crippen LogP contribution in [0, 0.1) is 0 Å². The van der Waals surface area contributed by atoms with E-state index in [-0.39, 0.29) is 0 Å². The summed E-state index contributed by atoms with van der Waals surface area (Å²) in [5.41, 5.74) is 6.92. The van der Waals surface area contributed by atoms with E-state index in [2.05, 4.69) is 9.97 Å². The molecule has 5 heteroatoms. The minimum absolute atomic E-state index is 0.545. The average Bonchev–Trinajstić information content (AvgIpc) is 2.42. The number of halogens is 1. The van der Waals surface area contributed by atoms with Crippen molar-refractivity contribution >= 4 is 28.2 Å². The quantitative estimate of drug-likeness (QED) is 0.773. The average molecular weight is 272 g/mol. The second kappa shape index (κ2) is 4.74. The maximum atomic E-state index is 6.13. The van der Waals surface area contributed by atoms with E-state index in [1.807, 2.05) is 12.1 Å². The van der Waals surface area contributed by atoms with Crippen molar-refractivity contribution in [3.63, 3.8) is 0 Å². The van der Waals surface area contributed by atoms with Crippen LogP contribution in [0.1, 0.15) is 0 Å². The summed E-state index contributed by atoms with van der Waals surface area (Å²) in [6, 6.07) is 8.99. The summed E-state index contributed by atoms with van der Waals surface area (Å²) in [4.78, 5) is 8.28. The fourth-order valence-electron chi connectivity index (χ4n) is 1.81. The van der Waals surface area contributed by atoms with Crippen LogP contribution in [0.2, 0.25) is 5.02 Å². The van der Waals surface area contributed by atoms with Crippen molar-refractivity contribution in [1.29, 1.82) is 0 Å². The van der Waals surface area contributed by atoms with Crippen LogP contribution in [0.4, 0.5) is 5.69 Å². The van der Waals surface area contributed by atoms with Crippen molar-refractivity contribution in [2.24, 2.45) is 0 Å². The number of anilines is 1. The molecule has 19 heavy (non-hydrogen) atoms. The highest BCUT2D eigenvalue weighted by Crippen LogP contribution is 2.32. The van der Waals surface area contributed by atoms with Gasteiger partial charge in [-0.15, -0.1) is 0 Å². The van der Waals surface area contributed by atoms with Gasteiger partial charge in [0.2, 0.25) is 0 Å². The number of fused-ring (bicyclic) bond motifs is 1. The predicted molar refractivity (Wildman–Crippen MR) is 75.5 cm³/mol.